The molecular weight excluding hydrogens is 531 g/mol. The number of benzene rings is 4. The maximum atomic E-state index is 13.9. The van der Waals surface area contributed by atoms with E-state index in [1.165, 1.54) is 4.90 Å². The van der Waals surface area contributed by atoms with Crippen molar-refractivity contribution in [2.24, 2.45) is 0 Å². The average Bonchev–Trinajstić information content (AvgIpc) is 2.95. The number of hydrogen-bond acceptors (Lipinski definition) is 3. The van der Waals surface area contributed by atoms with Gasteiger partial charge in [-0.05, 0) is 42.5 Å². The topological polar surface area (TPSA) is 58.6 Å². The number of ether oxygens (including phenoxy) is 1. The molecule has 4 aromatic carbocycles. The fourth-order valence-electron chi connectivity index (χ4n) is 4.39. The second-order valence-electron chi connectivity index (χ2n) is 9.51. The van der Waals surface area contributed by atoms with Crippen LogP contribution in [-0.4, -0.2) is 35.4 Å². The van der Waals surface area contributed by atoms with Gasteiger partial charge < -0.3 is 15.0 Å². The van der Waals surface area contributed by atoms with Crippen LogP contribution in [-0.2, 0) is 22.6 Å². The summed E-state index contributed by atoms with van der Waals surface area (Å²) in [6.45, 7) is 3.75. The Hall–Kier alpha value is -3.54. The summed E-state index contributed by atoms with van der Waals surface area (Å²) in [6, 6.07) is 27.5. The predicted octanol–water partition coefficient (Wildman–Crippen LogP) is 7.08. The molecule has 0 aromatic heterocycles. The standard InChI is InChI=1S/C32H32Cl2N2O3/c1-3-22(2)35-32(38)29(19-23-11-5-4-6-12-23)36(20-26-27(33)16-10-17-28(26)34)31(37)21-39-30-18-9-14-24-13-7-8-15-25(24)30/h4-18,22,29H,3,19-21H2,1-2H3,(H,35,38)/t22-,29-/m1/s1. The van der Waals surface area contributed by atoms with Crippen LogP contribution in [0, 0.1) is 0 Å². The Morgan fingerprint density at radius 2 is 1.51 bits per heavy atom. The van der Waals surface area contributed by atoms with Gasteiger partial charge in [-0.25, -0.2) is 0 Å². The van der Waals surface area contributed by atoms with E-state index >= 15 is 0 Å². The second kappa shape index (κ2) is 13.5. The normalized spacial score (nSPS) is 12.5. The molecule has 2 atom stereocenters. The van der Waals surface area contributed by atoms with E-state index in [2.05, 4.69) is 5.32 Å². The minimum absolute atomic E-state index is 0.0523. The first kappa shape index (κ1) is 28.5. The number of hydrogen-bond donors (Lipinski definition) is 1. The first-order valence-electron chi connectivity index (χ1n) is 13.0. The summed E-state index contributed by atoms with van der Waals surface area (Å²) in [5, 5.41) is 5.83. The van der Waals surface area contributed by atoms with Gasteiger partial charge in [0.05, 0.1) is 0 Å². The molecule has 0 heterocycles. The summed E-state index contributed by atoms with van der Waals surface area (Å²) in [5.41, 5.74) is 1.51. The molecule has 0 aliphatic heterocycles. The smallest absolute Gasteiger partial charge is 0.261 e. The summed E-state index contributed by atoms with van der Waals surface area (Å²) < 4.78 is 6.05. The van der Waals surface area contributed by atoms with Gasteiger partial charge in [-0.2, -0.15) is 0 Å². The lowest BCUT2D eigenvalue weighted by atomic mass is 10.0. The van der Waals surface area contributed by atoms with E-state index in [1.807, 2.05) is 86.6 Å². The van der Waals surface area contributed by atoms with Crippen molar-refractivity contribution in [1.29, 1.82) is 0 Å². The highest BCUT2D eigenvalue weighted by Crippen LogP contribution is 2.28. The van der Waals surface area contributed by atoms with Gasteiger partial charge in [0.2, 0.25) is 5.91 Å². The lowest BCUT2D eigenvalue weighted by Crippen LogP contribution is -2.53. The third-order valence-electron chi connectivity index (χ3n) is 6.76. The SMILES string of the molecule is CC[C@@H](C)NC(=O)[C@@H](Cc1ccccc1)N(Cc1c(Cl)cccc1Cl)C(=O)COc1cccc2ccccc12. The molecular formula is C32H32Cl2N2O3. The van der Waals surface area contributed by atoms with Crippen molar-refractivity contribution in [3.05, 3.63) is 112 Å². The number of rotatable bonds is 11. The zero-order valence-corrected chi connectivity index (χ0v) is 23.6. The van der Waals surface area contributed by atoms with Gasteiger partial charge in [0, 0.05) is 40.0 Å². The van der Waals surface area contributed by atoms with Crippen LogP contribution in [0.1, 0.15) is 31.4 Å². The maximum Gasteiger partial charge on any atom is 0.261 e. The molecule has 7 heteroatoms. The molecule has 1 N–H and O–H groups in total. The minimum atomic E-state index is -0.808. The number of carbonyl (C=O) groups is 2. The van der Waals surface area contributed by atoms with E-state index in [-0.39, 0.29) is 31.0 Å². The summed E-state index contributed by atoms with van der Waals surface area (Å²) >= 11 is 13.0. The first-order chi connectivity index (χ1) is 18.9. The van der Waals surface area contributed by atoms with E-state index < -0.39 is 6.04 Å². The average molecular weight is 564 g/mol. The lowest BCUT2D eigenvalue weighted by Gasteiger charge is -2.32. The highest BCUT2D eigenvalue weighted by Gasteiger charge is 2.32. The van der Waals surface area contributed by atoms with Gasteiger partial charge in [-0.1, -0.05) is 103 Å². The molecule has 0 aliphatic rings. The maximum absolute atomic E-state index is 13.9. The van der Waals surface area contributed by atoms with E-state index in [1.54, 1.807) is 18.2 Å². The summed E-state index contributed by atoms with van der Waals surface area (Å²) in [6.07, 6.45) is 1.09. The van der Waals surface area contributed by atoms with Crippen LogP contribution >= 0.6 is 23.2 Å². The van der Waals surface area contributed by atoms with E-state index in [9.17, 15) is 9.59 Å². The molecule has 0 bridgehead atoms. The van der Waals surface area contributed by atoms with Gasteiger partial charge in [0.25, 0.3) is 5.91 Å². The number of fused-ring (bicyclic) bond motifs is 1. The molecule has 0 saturated carbocycles. The van der Waals surface area contributed by atoms with Gasteiger partial charge in [-0.3, -0.25) is 9.59 Å². The monoisotopic (exact) mass is 562 g/mol. The molecule has 4 aromatic rings. The van der Waals surface area contributed by atoms with Crippen molar-refractivity contribution in [2.75, 3.05) is 6.61 Å². The molecule has 0 radical (unpaired) electrons. The largest absolute Gasteiger partial charge is 0.483 e. The summed E-state index contributed by atoms with van der Waals surface area (Å²) in [4.78, 5) is 29.1. The van der Waals surface area contributed by atoms with Crippen molar-refractivity contribution in [2.45, 2.75) is 45.3 Å². The van der Waals surface area contributed by atoms with Crippen molar-refractivity contribution in [1.82, 2.24) is 10.2 Å². The van der Waals surface area contributed by atoms with Crippen LogP contribution in [0.3, 0.4) is 0 Å². The van der Waals surface area contributed by atoms with E-state index in [0.717, 1.165) is 22.8 Å². The molecule has 39 heavy (non-hydrogen) atoms. The van der Waals surface area contributed by atoms with Crippen LogP contribution in [0.4, 0.5) is 0 Å². The molecule has 0 spiro atoms. The Balaban J connectivity index is 1.69. The van der Waals surface area contributed by atoms with Crippen molar-refractivity contribution in [3.63, 3.8) is 0 Å². The Kier molecular flexibility index (Phi) is 9.85. The van der Waals surface area contributed by atoms with E-state index in [4.69, 9.17) is 27.9 Å². The Bertz CT molecular complexity index is 1400. The zero-order valence-electron chi connectivity index (χ0n) is 22.1. The van der Waals surface area contributed by atoms with Gasteiger partial charge in [0.1, 0.15) is 11.8 Å². The van der Waals surface area contributed by atoms with Crippen LogP contribution in [0.2, 0.25) is 10.0 Å². The lowest BCUT2D eigenvalue weighted by molar-refractivity contribution is -0.143. The van der Waals surface area contributed by atoms with Gasteiger partial charge >= 0.3 is 0 Å². The third-order valence-corrected chi connectivity index (χ3v) is 7.47. The van der Waals surface area contributed by atoms with Crippen LogP contribution in [0.25, 0.3) is 10.8 Å². The minimum Gasteiger partial charge on any atom is -0.483 e. The molecule has 0 fully saturated rings. The number of nitrogens with one attached hydrogen (secondary N) is 1. The van der Waals surface area contributed by atoms with Gasteiger partial charge in [-0.15, -0.1) is 0 Å². The van der Waals surface area contributed by atoms with Crippen LogP contribution in [0.15, 0.2) is 91.0 Å². The molecule has 0 aliphatic carbocycles. The van der Waals surface area contributed by atoms with Gasteiger partial charge in [0.15, 0.2) is 6.61 Å². The van der Waals surface area contributed by atoms with Crippen molar-refractivity contribution >= 4 is 45.8 Å². The highest BCUT2D eigenvalue weighted by molar-refractivity contribution is 6.36. The Morgan fingerprint density at radius 1 is 0.872 bits per heavy atom. The summed E-state index contributed by atoms with van der Waals surface area (Å²) in [7, 11) is 0. The zero-order chi connectivity index (χ0) is 27.8. The Morgan fingerprint density at radius 3 is 2.23 bits per heavy atom. The molecule has 202 valence electrons. The predicted molar refractivity (Wildman–Crippen MR) is 158 cm³/mol. The number of nitrogens with zero attached hydrogens (tertiary/aromatic N) is 1. The van der Waals surface area contributed by atoms with Crippen molar-refractivity contribution < 1.29 is 14.3 Å². The Labute approximate surface area is 239 Å². The molecule has 0 unspecified atom stereocenters. The molecule has 2 amide bonds. The third kappa shape index (κ3) is 7.31. The van der Waals surface area contributed by atoms with Crippen LogP contribution < -0.4 is 10.1 Å². The fraction of sp³-hybridized carbons (Fsp3) is 0.250. The second-order valence-corrected chi connectivity index (χ2v) is 10.3. The molecule has 0 saturated heterocycles. The molecule has 4 rings (SSSR count). The van der Waals surface area contributed by atoms with Crippen molar-refractivity contribution in [3.8, 4) is 5.75 Å². The molecule has 5 nitrogen and oxygen atoms in total. The van der Waals surface area contributed by atoms with Crippen LogP contribution in [0.5, 0.6) is 5.75 Å². The quantitative estimate of drug-likeness (QED) is 0.212. The fourth-order valence-corrected chi connectivity index (χ4v) is 4.91. The number of amides is 2. The number of halogens is 2. The van der Waals surface area contributed by atoms with E-state index in [0.29, 0.717) is 27.8 Å². The number of carbonyl (C=O) groups excluding carboxylic acids is 2. The highest BCUT2D eigenvalue weighted by atomic mass is 35.5. The summed E-state index contributed by atoms with van der Waals surface area (Å²) in [5.74, 6) is 0.00915. The first-order valence-corrected chi connectivity index (χ1v) is 13.8.